The minimum atomic E-state index is -3.67. The van der Waals surface area contributed by atoms with E-state index < -0.39 is 10.0 Å². The normalized spacial score (nSPS) is 11.4. The van der Waals surface area contributed by atoms with Crippen molar-refractivity contribution in [1.82, 2.24) is 10.3 Å². The minimum Gasteiger partial charge on any atom is -0.449 e. The molecular formula is C15H19N3O4S. The standard InChI is InChI=1S/C15H19N3O4S/c1-11-18-13(10-22-11)4-7-15(19)17-9-8-12-2-5-14(6-3-12)23(16,20)21/h2-3,5-6,10H,4,7-9H2,1H3,(H,17,19)(H2,16,20,21). The number of nitrogens with two attached hydrogens (primary N) is 1. The monoisotopic (exact) mass is 337 g/mol. The molecule has 0 saturated heterocycles. The highest BCUT2D eigenvalue weighted by Gasteiger charge is 2.07. The first-order valence-corrected chi connectivity index (χ1v) is 8.68. The fraction of sp³-hybridized carbons (Fsp3) is 0.333. The summed E-state index contributed by atoms with van der Waals surface area (Å²) < 4.78 is 27.4. The summed E-state index contributed by atoms with van der Waals surface area (Å²) in [4.78, 5) is 15.9. The van der Waals surface area contributed by atoms with Crippen LogP contribution in [-0.4, -0.2) is 25.9 Å². The smallest absolute Gasteiger partial charge is 0.238 e. The first-order chi connectivity index (χ1) is 10.8. The number of aromatic nitrogens is 1. The number of amides is 1. The number of primary sulfonamides is 1. The Balaban J connectivity index is 1.73. The zero-order chi connectivity index (χ0) is 16.9. The van der Waals surface area contributed by atoms with Crippen molar-refractivity contribution in [3.63, 3.8) is 0 Å². The SMILES string of the molecule is Cc1nc(CCC(=O)NCCc2ccc(S(N)(=O)=O)cc2)co1. The molecule has 1 heterocycles. The van der Waals surface area contributed by atoms with E-state index in [0.29, 0.717) is 31.7 Å². The first-order valence-electron chi connectivity index (χ1n) is 7.14. The Bertz CT molecular complexity index is 766. The van der Waals surface area contributed by atoms with Crippen molar-refractivity contribution >= 4 is 15.9 Å². The Kier molecular flexibility index (Phi) is 5.51. The summed E-state index contributed by atoms with van der Waals surface area (Å²) in [6.45, 7) is 2.23. The maximum absolute atomic E-state index is 11.7. The number of nitrogens with zero attached hydrogens (tertiary/aromatic N) is 1. The average molecular weight is 337 g/mol. The number of oxazole rings is 1. The van der Waals surface area contributed by atoms with Crippen molar-refractivity contribution < 1.29 is 17.6 Å². The molecule has 0 saturated carbocycles. The number of rotatable bonds is 7. The van der Waals surface area contributed by atoms with Crippen LogP contribution in [0.1, 0.15) is 23.6 Å². The van der Waals surface area contributed by atoms with Crippen molar-refractivity contribution in [3.8, 4) is 0 Å². The molecule has 1 amide bonds. The summed E-state index contributed by atoms with van der Waals surface area (Å²) in [5.41, 5.74) is 1.68. The van der Waals surface area contributed by atoms with Crippen LogP contribution in [0.15, 0.2) is 39.8 Å². The van der Waals surface area contributed by atoms with E-state index in [1.165, 1.54) is 12.1 Å². The molecular weight excluding hydrogens is 318 g/mol. The predicted molar refractivity (Wildman–Crippen MR) is 84.1 cm³/mol. The van der Waals surface area contributed by atoms with Gasteiger partial charge in [0.15, 0.2) is 5.89 Å². The van der Waals surface area contributed by atoms with Gasteiger partial charge < -0.3 is 9.73 Å². The molecule has 0 aliphatic rings. The molecule has 0 fully saturated rings. The van der Waals surface area contributed by atoms with Crippen molar-refractivity contribution in [2.24, 2.45) is 5.14 Å². The van der Waals surface area contributed by atoms with Crippen LogP contribution < -0.4 is 10.5 Å². The number of benzene rings is 1. The number of hydrogen-bond acceptors (Lipinski definition) is 5. The minimum absolute atomic E-state index is 0.0631. The summed E-state index contributed by atoms with van der Waals surface area (Å²) in [5, 5.41) is 7.85. The summed E-state index contributed by atoms with van der Waals surface area (Å²) in [6, 6.07) is 6.28. The van der Waals surface area contributed by atoms with Crippen LogP contribution in [0.25, 0.3) is 0 Å². The molecule has 1 aromatic carbocycles. The molecule has 124 valence electrons. The lowest BCUT2D eigenvalue weighted by Crippen LogP contribution is -2.25. The molecule has 0 unspecified atom stereocenters. The average Bonchev–Trinajstić information content (AvgIpc) is 2.90. The van der Waals surface area contributed by atoms with Gasteiger partial charge in [-0.05, 0) is 24.1 Å². The lowest BCUT2D eigenvalue weighted by molar-refractivity contribution is -0.121. The van der Waals surface area contributed by atoms with Crippen LogP contribution in [0.4, 0.5) is 0 Å². The number of sulfonamides is 1. The summed E-state index contributed by atoms with van der Waals surface area (Å²) in [5.74, 6) is 0.523. The third-order valence-corrected chi connectivity index (χ3v) is 4.19. The van der Waals surface area contributed by atoms with Gasteiger partial charge in [0.1, 0.15) is 6.26 Å². The van der Waals surface area contributed by atoms with Gasteiger partial charge in [-0.15, -0.1) is 0 Å². The van der Waals surface area contributed by atoms with E-state index in [1.54, 1.807) is 25.3 Å². The maximum Gasteiger partial charge on any atom is 0.238 e. The Morgan fingerprint density at radius 3 is 2.52 bits per heavy atom. The third-order valence-electron chi connectivity index (χ3n) is 3.26. The van der Waals surface area contributed by atoms with Crippen LogP contribution >= 0.6 is 0 Å². The van der Waals surface area contributed by atoms with Crippen molar-refractivity contribution in [2.75, 3.05) is 6.54 Å². The van der Waals surface area contributed by atoms with Gasteiger partial charge in [-0.2, -0.15) is 0 Å². The lowest BCUT2D eigenvalue weighted by Gasteiger charge is -2.05. The molecule has 2 aromatic rings. The highest BCUT2D eigenvalue weighted by molar-refractivity contribution is 7.89. The van der Waals surface area contributed by atoms with Gasteiger partial charge >= 0.3 is 0 Å². The zero-order valence-electron chi connectivity index (χ0n) is 12.8. The van der Waals surface area contributed by atoms with Crippen molar-refractivity contribution in [3.05, 3.63) is 47.7 Å². The zero-order valence-corrected chi connectivity index (χ0v) is 13.6. The van der Waals surface area contributed by atoms with Gasteiger partial charge in [0.25, 0.3) is 0 Å². The molecule has 0 aliphatic carbocycles. The number of carbonyl (C=O) groups is 1. The Labute approximate surface area is 135 Å². The molecule has 0 spiro atoms. The molecule has 1 aromatic heterocycles. The Morgan fingerprint density at radius 1 is 1.26 bits per heavy atom. The van der Waals surface area contributed by atoms with E-state index in [9.17, 15) is 13.2 Å². The van der Waals surface area contributed by atoms with Gasteiger partial charge in [-0.3, -0.25) is 4.79 Å². The highest BCUT2D eigenvalue weighted by Crippen LogP contribution is 2.09. The molecule has 0 aliphatic heterocycles. The molecule has 2 rings (SSSR count). The van der Waals surface area contributed by atoms with Crippen molar-refractivity contribution in [1.29, 1.82) is 0 Å². The fourth-order valence-electron chi connectivity index (χ4n) is 2.05. The molecule has 7 nitrogen and oxygen atoms in total. The number of aryl methyl sites for hydroxylation is 2. The molecule has 0 radical (unpaired) electrons. The van der Waals surface area contributed by atoms with Gasteiger partial charge in [0.05, 0.1) is 10.6 Å². The molecule has 0 bridgehead atoms. The second-order valence-corrected chi connectivity index (χ2v) is 6.71. The first kappa shape index (κ1) is 17.2. The van der Waals surface area contributed by atoms with E-state index >= 15 is 0 Å². The lowest BCUT2D eigenvalue weighted by atomic mass is 10.1. The van der Waals surface area contributed by atoms with Crippen LogP contribution in [0.5, 0.6) is 0 Å². The quantitative estimate of drug-likeness (QED) is 0.779. The van der Waals surface area contributed by atoms with Crippen LogP contribution in [0, 0.1) is 6.92 Å². The van der Waals surface area contributed by atoms with Gasteiger partial charge in [0, 0.05) is 26.3 Å². The van der Waals surface area contributed by atoms with Gasteiger partial charge in [-0.25, -0.2) is 18.5 Å². The highest BCUT2D eigenvalue weighted by atomic mass is 32.2. The maximum atomic E-state index is 11.7. The molecule has 0 atom stereocenters. The molecule has 23 heavy (non-hydrogen) atoms. The molecule has 8 heteroatoms. The van der Waals surface area contributed by atoms with Crippen LogP contribution in [0.2, 0.25) is 0 Å². The number of nitrogens with one attached hydrogen (secondary N) is 1. The summed E-state index contributed by atoms with van der Waals surface area (Å²) >= 11 is 0. The van der Waals surface area contributed by atoms with E-state index in [4.69, 9.17) is 9.56 Å². The van der Waals surface area contributed by atoms with E-state index in [2.05, 4.69) is 10.3 Å². The van der Waals surface area contributed by atoms with E-state index in [1.807, 2.05) is 0 Å². The number of carbonyl (C=O) groups excluding carboxylic acids is 1. The summed E-state index contributed by atoms with van der Waals surface area (Å²) in [6.07, 6.45) is 3.04. The van der Waals surface area contributed by atoms with Gasteiger partial charge in [0.2, 0.25) is 15.9 Å². The second kappa shape index (κ2) is 7.38. The Hall–Kier alpha value is -2.19. The largest absolute Gasteiger partial charge is 0.449 e. The third kappa shape index (κ3) is 5.50. The van der Waals surface area contributed by atoms with Crippen molar-refractivity contribution in [2.45, 2.75) is 31.1 Å². The molecule has 3 N–H and O–H groups in total. The van der Waals surface area contributed by atoms with E-state index in [-0.39, 0.29) is 10.8 Å². The topological polar surface area (TPSA) is 115 Å². The Morgan fingerprint density at radius 2 is 1.96 bits per heavy atom. The van der Waals surface area contributed by atoms with Crippen LogP contribution in [0.3, 0.4) is 0 Å². The predicted octanol–water partition coefficient (Wildman–Crippen LogP) is 0.922. The fourth-order valence-corrected chi connectivity index (χ4v) is 2.56. The van der Waals surface area contributed by atoms with E-state index in [0.717, 1.165) is 11.3 Å². The summed E-state index contributed by atoms with van der Waals surface area (Å²) in [7, 11) is -3.67. The van der Waals surface area contributed by atoms with Crippen LogP contribution in [-0.2, 0) is 27.7 Å². The number of hydrogen-bond donors (Lipinski definition) is 2. The second-order valence-electron chi connectivity index (χ2n) is 5.15. The van der Waals surface area contributed by atoms with Gasteiger partial charge in [-0.1, -0.05) is 12.1 Å².